The lowest BCUT2D eigenvalue weighted by Crippen LogP contribution is -2.44. The third-order valence-electron chi connectivity index (χ3n) is 3.38. The molecule has 0 radical (unpaired) electrons. The number of rotatable bonds is 3. The van der Waals surface area contributed by atoms with Gasteiger partial charge in [0, 0.05) is 36.8 Å². The topological polar surface area (TPSA) is 35.5 Å². The zero-order chi connectivity index (χ0) is 13.1. The minimum absolute atomic E-state index is 0.0181. The van der Waals surface area contributed by atoms with Crippen LogP contribution in [0.3, 0.4) is 0 Å². The molecule has 2 rings (SSSR count). The second-order valence-electron chi connectivity index (χ2n) is 4.63. The van der Waals surface area contributed by atoms with Gasteiger partial charge in [0.2, 0.25) is 0 Å². The van der Waals surface area contributed by atoms with E-state index in [2.05, 4.69) is 16.8 Å². The van der Waals surface area contributed by atoms with Crippen molar-refractivity contribution in [3.63, 3.8) is 0 Å². The van der Waals surface area contributed by atoms with Gasteiger partial charge in [-0.25, -0.2) is 0 Å². The van der Waals surface area contributed by atoms with Crippen LogP contribution in [0.15, 0.2) is 24.8 Å². The Morgan fingerprint density at radius 2 is 2.11 bits per heavy atom. The summed E-state index contributed by atoms with van der Waals surface area (Å²) in [5, 5.41) is 14.2. The molecule has 0 amide bonds. The molecular formula is C14H19ClN2O. The molecule has 0 aliphatic carbocycles. The van der Waals surface area contributed by atoms with Crippen LogP contribution in [0.25, 0.3) is 0 Å². The van der Waals surface area contributed by atoms with Gasteiger partial charge in [-0.1, -0.05) is 17.7 Å². The van der Waals surface area contributed by atoms with Crippen LogP contribution < -0.4 is 5.32 Å². The van der Waals surface area contributed by atoms with Gasteiger partial charge < -0.3 is 10.4 Å². The summed E-state index contributed by atoms with van der Waals surface area (Å²) in [6.07, 6.45) is 1.87. The zero-order valence-corrected chi connectivity index (χ0v) is 11.4. The first-order chi connectivity index (χ1) is 8.63. The first-order valence-corrected chi connectivity index (χ1v) is 6.57. The molecular weight excluding hydrogens is 248 g/mol. The second-order valence-corrected chi connectivity index (χ2v) is 5.06. The van der Waals surface area contributed by atoms with E-state index in [1.807, 2.05) is 19.1 Å². The summed E-state index contributed by atoms with van der Waals surface area (Å²) in [5.74, 6) is 0.322. The molecule has 4 heteroatoms. The highest BCUT2D eigenvalue weighted by Gasteiger charge is 2.22. The number of phenols is 1. The number of hydrogen-bond donors (Lipinski definition) is 2. The Morgan fingerprint density at radius 3 is 2.72 bits per heavy atom. The molecule has 3 nitrogen and oxygen atoms in total. The van der Waals surface area contributed by atoms with Crippen molar-refractivity contribution in [2.24, 2.45) is 0 Å². The molecule has 1 saturated heterocycles. The molecule has 0 saturated carbocycles. The minimum atomic E-state index is 0.0181. The van der Waals surface area contributed by atoms with Gasteiger partial charge in [0.05, 0.1) is 6.04 Å². The highest BCUT2D eigenvalue weighted by atomic mass is 35.5. The summed E-state index contributed by atoms with van der Waals surface area (Å²) in [4.78, 5) is 2.30. The van der Waals surface area contributed by atoms with Crippen LogP contribution >= 0.6 is 11.6 Å². The van der Waals surface area contributed by atoms with Crippen molar-refractivity contribution in [2.45, 2.75) is 13.0 Å². The predicted octanol–water partition coefficient (Wildman–Crippen LogP) is 2.49. The molecule has 1 aromatic rings. The van der Waals surface area contributed by atoms with Gasteiger partial charge in [-0.3, -0.25) is 4.90 Å². The summed E-state index contributed by atoms with van der Waals surface area (Å²) >= 11 is 6.09. The Balaban J connectivity index is 2.34. The number of nitrogens with one attached hydrogen (secondary N) is 1. The molecule has 2 N–H and O–H groups in total. The second kappa shape index (κ2) is 5.74. The lowest BCUT2D eigenvalue weighted by Gasteiger charge is -2.34. The molecule has 1 aliphatic heterocycles. The van der Waals surface area contributed by atoms with Gasteiger partial charge >= 0.3 is 0 Å². The quantitative estimate of drug-likeness (QED) is 0.825. The molecule has 1 aromatic carbocycles. The van der Waals surface area contributed by atoms with E-state index in [1.54, 1.807) is 6.07 Å². The molecule has 0 aromatic heterocycles. The fourth-order valence-corrected chi connectivity index (χ4v) is 2.70. The van der Waals surface area contributed by atoms with Crippen molar-refractivity contribution in [3.05, 3.63) is 40.9 Å². The van der Waals surface area contributed by atoms with Gasteiger partial charge in [-0.2, -0.15) is 0 Å². The number of hydrogen-bond acceptors (Lipinski definition) is 3. The third kappa shape index (κ3) is 2.69. The van der Waals surface area contributed by atoms with Gasteiger partial charge in [0.1, 0.15) is 5.75 Å². The fourth-order valence-electron chi connectivity index (χ4n) is 2.42. The Hall–Kier alpha value is -1.03. The minimum Gasteiger partial charge on any atom is -0.507 e. The van der Waals surface area contributed by atoms with Crippen LogP contribution in [0, 0.1) is 6.92 Å². The van der Waals surface area contributed by atoms with Crippen LogP contribution in [0.2, 0.25) is 5.02 Å². The van der Waals surface area contributed by atoms with Crippen LogP contribution in [-0.4, -0.2) is 36.2 Å². The molecule has 0 spiro atoms. The lowest BCUT2D eigenvalue weighted by atomic mass is 10.0. The number of benzene rings is 1. The first-order valence-electron chi connectivity index (χ1n) is 6.20. The van der Waals surface area contributed by atoms with Gasteiger partial charge in [0.15, 0.2) is 0 Å². The Kier molecular flexibility index (Phi) is 4.27. The lowest BCUT2D eigenvalue weighted by molar-refractivity contribution is 0.201. The maximum atomic E-state index is 10.2. The largest absolute Gasteiger partial charge is 0.507 e. The average molecular weight is 267 g/mol. The van der Waals surface area contributed by atoms with Gasteiger partial charge in [-0.05, 0) is 24.6 Å². The van der Waals surface area contributed by atoms with Gasteiger partial charge in [0.25, 0.3) is 0 Å². The number of aryl methyl sites for hydroxylation is 1. The first kappa shape index (κ1) is 13.4. The van der Waals surface area contributed by atoms with Crippen LogP contribution in [-0.2, 0) is 0 Å². The normalized spacial score (nSPS) is 18.6. The number of halogens is 1. The number of piperazine rings is 1. The maximum absolute atomic E-state index is 10.2. The van der Waals surface area contributed by atoms with E-state index in [9.17, 15) is 5.11 Å². The van der Waals surface area contributed by atoms with E-state index < -0.39 is 0 Å². The monoisotopic (exact) mass is 266 g/mol. The summed E-state index contributed by atoms with van der Waals surface area (Å²) in [5.41, 5.74) is 1.65. The van der Waals surface area contributed by atoms with E-state index in [4.69, 9.17) is 11.6 Å². The standard InChI is InChI=1S/C14H19ClN2O/c1-3-13(17-6-4-16-5-7-17)12-9-11(15)8-10(2)14(12)18/h3,8-9,13,16,18H,1,4-7H2,2H3/t13-/m1/s1. The smallest absolute Gasteiger partial charge is 0.123 e. The molecule has 1 aliphatic rings. The highest BCUT2D eigenvalue weighted by molar-refractivity contribution is 6.30. The molecule has 0 unspecified atom stereocenters. The predicted molar refractivity (Wildman–Crippen MR) is 75.2 cm³/mol. The Morgan fingerprint density at radius 1 is 1.44 bits per heavy atom. The van der Waals surface area contributed by atoms with Crippen LogP contribution in [0.4, 0.5) is 0 Å². The number of phenolic OH excluding ortho intramolecular Hbond substituents is 1. The summed E-state index contributed by atoms with van der Waals surface area (Å²) in [6.45, 7) is 9.58. The van der Waals surface area contributed by atoms with E-state index in [0.29, 0.717) is 10.8 Å². The van der Waals surface area contributed by atoms with Crippen molar-refractivity contribution in [3.8, 4) is 5.75 Å². The van der Waals surface area contributed by atoms with Crippen LogP contribution in [0.1, 0.15) is 17.2 Å². The number of nitrogens with zero attached hydrogens (tertiary/aromatic N) is 1. The fraction of sp³-hybridized carbons (Fsp3) is 0.429. The van der Waals surface area contributed by atoms with Crippen molar-refractivity contribution in [1.29, 1.82) is 0 Å². The molecule has 1 heterocycles. The molecule has 1 atom stereocenters. The molecule has 1 fully saturated rings. The van der Waals surface area contributed by atoms with E-state index in [0.717, 1.165) is 37.3 Å². The Bertz CT molecular complexity index is 442. The highest BCUT2D eigenvalue weighted by Crippen LogP contribution is 2.34. The zero-order valence-electron chi connectivity index (χ0n) is 10.6. The van der Waals surface area contributed by atoms with E-state index >= 15 is 0 Å². The summed E-state index contributed by atoms with van der Waals surface area (Å²) in [7, 11) is 0. The SMILES string of the molecule is C=C[C@H](c1cc(Cl)cc(C)c1O)N1CCNCC1. The summed E-state index contributed by atoms with van der Waals surface area (Å²) in [6, 6.07) is 3.63. The third-order valence-corrected chi connectivity index (χ3v) is 3.60. The average Bonchev–Trinajstić information content (AvgIpc) is 2.37. The molecule has 98 valence electrons. The van der Waals surface area contributed by atoms with E-state index in [1.165, 1.54) is 0 Å². The Labute approximate surface area is 113 Å². The molecule has 0 bridgehead atoms. The van der Waals surface area contributed by atoms with Crippen molar-refractivity contribution in [2.75, 3.05) is 26.2 Å². The number of aromatic hydroxyl groups is 1. The van der Waals surface area contributed by atoms with Gasteiger partial charge in [-0.15, -0.1) is 6.58 Å². The van der Waals surface area contributed by atoms with Crippen LogP contribution in [0.5, 0.6) is 5.75 Å². The van der Waals surface area contributed by atoms with Crippen molar-refractivity contribution < 1.29 is 5.11 Å². The van der Waals surface area contributed by atoms with Crippen molar-refractivity contribution >= 4 is 11.6 Å². The van der Waals surface area contributed by atoms with Crippen molar-refractivity contribution in [1.82, 2.24) is 10.2 Å². The maximum Gasteiger partial charge on any atom is 0.123 e. The molecule has 18 heavy (non-hydrogen) atoms. The van der Waals surface area contributed by atoms with E-state index in [-0.39, 0.29) is 6.04 Å². The summed E-state index contributed by atoms with van der Waals surface area (Å²) < 4.78 is 0.